The van der Waals surface area contributed by atoms with Crippen molar-refractivity contribution in [2.24, 2.45) is 23.2 Å². The van der Waals surface area contributed by atoms with E-state index in [9.17, 15) is 4.79 Å². The van der Waals surface area contributed by atoms with Crippen molar-refractivity contribution < 1.29 is 9.53 Å². The van der Waals surface area contributed by atoms with Crippen LogP contribution in [0.5, 0.6) is 0 Å². The van der Waals surface area contributed by atoms with Crippen LogP contribution in [0.3, 0.4) is 0 Å². The maximum atomic E-state index is 12.7. The predicted molar refractivity (Wildman–Crippen MR) is 81.4 cm³/mol. The molecule has 0 radical (unpaired) electrons. The lowest BCUT2D eigenvalue weighted by Gasteiger charge is -2.51. The van der Waals surface area contributed by atoms with Crippen molar-refractivity contribution in [3.05, 3.63) is 24.3 Å². The molecule has 0 N–H and O–H groups in total. The molecule has 2 nitrogen and oxygen atoms in total. The maximum absolute atomic E-state index is 12.7. The van der Waals surface area contributed by atoms with Gasteiger partial charge in [0.05, 0.1) is 0 Å². The Balaban J connectivity index is 2.41. The summed E-state index contributed by atoms with van der Waals surface area (Å²) in [5, 5.41) is 0.943. The number of carbonyl (C=O) groups is 1. The number of hydrogen-bond acceptors (Lipinski definition) is 2. The second kappa shape index (κ2) is 5.53. The molecule has 2 rings (SSSR count). The van der Waals surface area contributed by atoms with Gasteiger partial charge in [0, 0.05) is 24.3 Å². The first-order chi connectivity index (χ1) is 8.95. The van der Waals surface area contributed by atoms with Gasteiger partial charge in [0.1, 0.15) is 6.10 Å². The average Bonchev–Trinajstić information content (AvgIpc) is 2.37. The molecule has 0 amide bonds. The number of carbonyl (C=O) groups excluding carboxylic acids is 1. The van der Waals surface area contributed by atoms with Gasteiger partial charge in [0.25, 0.3) is 0 Å². The number of halogens is 1. The third-order valence-electron chi connectivity index (χ3n) is 5.08. The zero-order valence-electron chi connectivity index (χ0n) is 12.0. The molecule has 0 aromatic heterocycles. The van der Waals surface area contributed by atoms with Gasteiger partial charge in [0.2, 0.25) is 0 Å². The van der Waals surface area contributed by atoms with E-state index in [-0.39, 0.29) is 29.1 Å². The Morgan fingerprint density at radius 1 is 1.63 bits per heavy atom. The minimum Gasteiger partial charge on any atom is -0.373 e. The Morgan fingerprint density at radius 2 is 2.32 bits per heavy atom. The van der Waals surface area contributed by atoms with Gasteiger partial charge in [-0.05, 0) is 31.1 Å². The van der Waals surface area contributed by atoms with E-state index in [0.717, 1.165) is 23.7 Å². The van der Waals surface area contributed by atoms with E-state index in [1.54, 1.807) is 7.11 Å². The smallest absolute Gasteiger partial charge is 0.169 e. The SMILES string of the molecule is C=C(C)C1CC2(C)C(CBr)CC=CC2C(=O)C1OC. The standard InChI is InChI=1S/C16H23BrO2/c1-10(2)12-8-16(3)11(9-17)6-5-7-13(16)14(18)15(12)19-4/h5,7,11-13,15H,1,6,8-9H2,2-4H3. The van der Waals surface area contributed by atoms with Crippen LogP contribution in [0.15, 0.2) is 24.3 Å². The number of alkyl halides is 1. The van der Waals surface area contributed by atoms with Crippen LogP contribution in [0, 0.1) is 23.2 Å². The van der Waals surface area contributed by atoms with Crippen molar-refractivity contribution >= 4 is 21.7 Å². The zero-order valence-corrected chi connectivity index (χ0v) is 13.6. The maximum Gasteiger partial charge on any atom is 0.169 e. The summed E-state index contributed by atoms with van der Waals surface area (Å²) >= 11 is 3.62. The lowest BCUT2D eigenvalue weighted by Crippen LogP contribution is -2.54. The highest BCUT2D eigenvalue weighted by atomic mass is 79.9. The molecular weight excluding hydrogens is 304 g/mol. The first-order valence-electron chi connectivity index (χ1n) is 6.90. The number of rotatable bonds is 3. The van der Waals surface area contributed by atoms with Gasteiger partial charge in [-0.25, -0.2) is 0 Å². The molecule has 5 atom stereocenters. The summed E-state index contributed by atoms with van der Waals surface area (Å²) in [6.45, 7) is 8.34. The summed E-state index contributed by atoms with van der Waals surface area (Å²) in [5.74, 6) is 0.869. The summed E-state index contributed by atoms with van der Waals surface area (Å²) in [6.07, 6.45) is 5.96. The molecule has 0 heterocycles. The fraction of sp³-hybridized carbons (Fsp3) is 0.688. The summed E-state index contributed by atoms with van der Waals surface area (Å²) in [6, 6.07) is 0. The van der Waals surface area contributed by atoms with Crippen molar-refractivity contribution in [3.63, 3.8) is 0 Å². The number of allylic oxidation sites excluding steroid dienone is 2. The van der Waals surface area contributed by atoms with Crippen LogP contribution in [0.4, 0.5) is 0 Å². The topological polar surface area (TPSA) is 26.3 Å². The summed E-state index contributed by atoms with van der Waals surface area (Å²) in [7, 11) is 1.63. The van der Waals surface area contributed by atoms with E-state index in [1.807, 2.05) is 6.92 Å². The fourth-order valence-corrected chi connectivity index (χ4v) is 4.75. The van der Waals surface area contributed by atoms with Gasteiger partial charge in [-0.2, -0.15) is 0 Å². The minimum atomic E-state index is -0.325. The molecule has 3 heteroatoms. The Bertz CT molecular complexity index is 415. The van der Waals surface area contributed by atoms with E-state index < -0.39 is 0 Å². The van der Waals surface area contributed by atoms with E-state index >= 15 is 0 Å². The lowest BCUT2D eigenvalue weighted by molar-refractivity contribution is -0.147. The highest BCUT2D eigenvalue weighted by Crippen LogP contribution is 2.53. The minimum absolute atomic E-state index is 0.00986. The van der Waals surface area contributed by atoms with E-state index in [0.29, 0.717) is 5.92 Å². The normalized spacial score (nSPS) is 42.0. The third kappa shape index (κ3) is 2.36. The van der Waals surface area contributed by atoms with E-state index in [1.165, 1.54) is 0 Å². The van der Waals surface area contributed by atoms with Crippen molar-refractivity contribution in [1.29, 1.82) is 0 Å². The van der Waals surface area contributed by atoms with Crippen molar-refractivity contribution in [2.45, 2.75) is 32.8 Å². The van der Waals surface area contributed by atoms with E-state index in [4.69, 9.17) is 4.74 Å². The molecular formula is C16H23BrO2. The quantitative estimate of drug-likeness (QED) is 0.583. The molecule has 1 saturated carbocycles. The number of ketones is 1. The second-order valence-electron chi connectivity index (χ2n) is 6.21. The highest BCUT2D eigenvalue weighted by Gasteiger charge is 2.53. The molecule has 5 unspecified atom stereocenters. The van der Waals surface area contributed by atoms with Crippen LogP contribution < -0.4 is 0 Å². The molecule has 0 aromatic carbocycles. The van der Waals surface area contributed by atoms with Crippen molar-refractivity contribution in [1.82, 2.24) is 0 Å². The van der Waals surface area contributed by atoms with E-state index in [2.05, 4.69) is 41.6 Å². The number of hydrogen-bond donors (Lipinski definition) is 0. The Hall–Kier alpha value is -0.410. The number of methoxy groups -OCH3 is 1. The highest BCUT2D eigenvalue weighted by molar-refractivity contribution is 9.09. The molecule has 0 saturated heterocycles. The Morgan fingerprint density at radius 3 is 2.84 bits per heavy atom. The largest absolute Gasteiger partial charge is 0.373 e. The van der Waals surface area contributed by atoms with Gasteiger partial charge >= 0.3 is 0 Å². The van der Waals surface area contributed by atoms with Gasteiger partial charge in [-0.15, -0.1) is 0 Å². The van der Waals surface area contributed by atoms with Crippen LogP contribution >= 0.6 is 15.9 Å². The number of ether oxygens (including phenoxy) is 1. The van der Waals surface area contributed by atoms with Gasteiger partial charge < -0.3 is 4.74 Å². The van der Waals surface area contributed by atoms with Crippen LogP contribution in [0.2, 0.25) is 0 Å². The molecule has 0 aromatic rings. The molecule has 0 bridgehead atoms. The molecule has 0 spiro atoms. The van der Waals surface area contributed by atoms with Crippen LogP contribution in [-0.2, 0) is 9.53 Å². The first kappa shape index (κ1) is 15.0. The molecule has 19 heavy (non-hydrogen) atoms. The first-order valence-corrected chi connectivity index (χ1v) is 8.02. The molecule has 106 valence electrons. The Labute approximate surface area is 124 Å². The predicted octanol–water partition coefficient (Wildman–Crippen LogP) is 3.76. The number of fused-ring (bicyclic) bond motifs is 1. The molecule has 0 aliphatic heterocycles. The van der Waals surface area contributed by atoms with Crippen LogP contribution in [0.1, 0.15) is 26.7 Å². The fourth-order valence-electron chi connectivity index (χ4n) is 3.74. The number of Topliss-reactive ketones (excluding diaryl/α,β-unsaturated/α-hetero) is 1. The molecule has 2 aliphatic rings. The summed E-state index contributed by atoms with van der Waals surface area (Å²) < 4.78 is 5.48. The zero-order chi connectivity index (χ0) is 14.2. The van der Waals surface area contributed by atoms with Crippen molar-refractivity contribution in [2.75, 3.05) is 12.4 Å². The monoisotopic (exact) mass is 326 g/mol. The second-order valence-corrected chi connectivity index (χ2v) is 6.86. The van der Waals surface area contributed by atoms with Gasteiger partial charge in [-0.1, -0.05) is 47.2 Å². The summed E-state index contributed by atoms with van der Waals surface area (Å²) in [5.41, 5.74) is 1.08. The lowest BCUT2D eigenvalue weighted by atomic mass is 9.54. The van der Waals surface area contributed by atoms with Crippen molar-refractivity contribution in [3.8, 4) is 0 Å². The average molecular weight is 327 g/mol. The summed E-state index contributed by atoms with van der Waals surface area (Å²) in [4.78, 5) is 12.7. The molecule has 1 fully saturated rings. The van der Waals surface area contributed by atoms with Gasteiger partial charge in [0.15, 0.2) is 5.78 Å². The third-order valence-corrected chi connectivity index (χ3v) is 5.86. The van der Waals surface area contributed by atoms with Crippen LogP contribution in [-0.4, -0.2) is 24.3 Å². The Kier molecular flexibility index (Phi) is 4.36. The molecule has 2 aliphatic carbocycles. The van der Waals surface area contributed by atoms with Gasteiger partial charge in [-0.3, -0.25) is 4.79 Å². The van der Waals surface area contributed by atoms with Crippen LogP contribution in [0.25, 0.3) is 0 Å².